The molecule has 3 nitrogen and oxygen atoms in total. The van der Waals surface area contributed by atoms with Crippen molar-refractivity contribution in [1.29, 1.82) is 0 Å². The van der Waals surface area contributed by atoms with Crippen LogP contribution in [-0.4, -0.2) is 24.0 Å². The molecule has 0 N–H and O–H groups in total. The molecule has 0 aliphatic carbocycles. The Morgan fingerprint density at radius 1 is 1.09 bits per heavy atom. The number of rotatable bonds is 3. The topological polar surface area (TPSA) is 23.6 Å². The molecule has 2 aromatic rings. The predicted octanol–water partition coefficient (Wildman–Crippen LogP) is 4.06. The lowest BCUT2D eigenvalue weighted by atomic mass is 10.2. The smallest absolute Gasteiger partial charge is 0.318 e. The van der Waals surface area contributed by atoms with Crippen LogP contribution in [0.4, 0.5) is 19.3 Å². The minimum absolute atomic E-state index is 0.0972. The quantitative estimate of drug-likeness (QED) is 0.836. The van der Waals surface area contributed by atoms with Gasteiger partial charge in [0.25, 0.3) is 0 Å². The maximum absolute atomic E-state index is 13.8. The van der Waals surface area contributed by atoms with E-state index < -0.39 is 11.6 Å². The molecule has 1 aliphatic rings. The fourth-order valence-electron chi connectivity index (χ4n) is 2.51. The van der Waals surface area contributed by atoms with Gasteiger partial charge in [-0.25, -0.2) is 13.6 Å². The first kappa shape index (κ1) is 14.8. The van der Waals surface area contributed by atoms with Gasteiger partial charge in [0.1, 0.15) is 11.6 Å². The van der Waals surface area contributed by atoms with Crippen LogP contribution in [0.1, 0.15) is 5.56 Å². The monoisotopic (exact) mass is 322 g/mol. The molecule has 6 heteroatoms. The van der Waals surface area contributed by atoms with E-state index in [9.17, 15) is 13.6 Å². The highest BCUT2D eigenvalue weighted by Crippen LogP contribution is 2.25. The maximum atomic E-state index is 13.8. The van der Waals surface area contributed by atoms with Crippen LogP contribution < -0.4 is 4.90 Å². The summed E-state index contributed by atoms with van der Waals surface area (Å²) in [6, 6.07) is 10.1. The molecule has 1 aliphatic heterocycles. The average Bonchev–Trinajstić information content (AvgIpc) is 2.81. The van der Waals surface area contributed by atoms with Gasteiger partial charge in [0.2, 0.25) is 0 Å². The minimum atomic E-state index is -0.738. The Morgan fingerprint density at radius 2 is 1.91 bits per heavy atom. The number of halogens is 3. The van der Waals surface area contributed by atoms with Crippen molar-refractivity contribution in [3.05, 3.63) is 64.7 Å². The summed E-state index contributed by atoms with van der Waals surface area (Å²) in [6.07, 6.45) is 0. The zero-order valence-corrected chi connectivity index (χ0v) is 12.4. The van der Waals surface area contributed by atoms with Crippen LogP contribution in [-0.2, 0) is 6.54 Å². The Kier molecular flexibility index (Phi) is 3.98. The van der Waals surface area contributed by atoms with Crippen molar-refractivity contribution >= 4 is 23.3 Å². The molecule has 2 aromatic carbocycles. The zero-order chi connectivity index (χ0) is 15.7. The molecule has 3 rings (SSSR count). The van der Waals surface area contributed by atoms with Gasteiger partial charge in [-0.1, -0.05) is 23.7 Å². The van der Waals surface area contributed by atoms with Gasteiger partial charge >= 0.3 is 6.03 Å². The summed E-state index contributed by atoms with van der Waals surface area (Å²) in [5, 5.41) is 0.602. The van der Waals surface area contributed by atoms with E-state index in [0.29, 0.717) is 24.7 Å². The molecule has 1 fully saturated rings. The Hall–Kier alpha value is -2.14. The molecule has 0 spiro atoms. The second-order valence-corrected chi connectivity index (χ2v) is 5.52. The molecule has 0 saturated carbocycles. The zero-order valence-electron chi connectivity index (χ0n) is 11.6. The van der Waals surface area contributed by atoms with Gasteiger partial charge in [-0.2, -0.15) is 0 Å². The average molecular weight is 323 g/mol. The summed E-state index contributed by atoms with van der Waals surface area (Å²) >= 11 is 5.93. The largest absolute Gasteiger partial charge is 0.325 e. The minimum Gasteiger partial charge on any atom is -0.318 e. The maximum Gasteiger partial charge on any atom is 0.325 e. The van der Waals surface area contributed by atoms with E-state index in [1.165, 1.54) is 11.0 Å². The molecule has 1 saturated heterocycles. The third-order valence-electron chi connectivity index (χ3n) is 3.56. The Bertz CT molecular complexity index is 723. The number of carbonyl (C=O) groups is 1. The number of hydrogen-bond donors (Lipinski definition) is 0. The lowest BCUT2D eigenvalue weighted by Gasteiger charge is -2.19. The number of nitrogens with zero attached hydrogens (tertiary/aromatic N) is 2. The van der Waals surface area contributed by atoms with Gasteiger partial charge in [0.15, 0.2) is 0 Å². The van der Waals surface area contributed by atoms with Crippen LogP contribution in [0.15, 0.2) is 42.5 Å². The fraction of sp³-hybridized carbons (Fsp3) is 0.188. The third kappa shape index (κ3) is 2.90. The van der Waals surface area contributed by atoms with Gasteiger partial charge in [0.05, 0.1) is 5.69 Å². The van der Waals surface area contributed by atoms with Crippen molar-refractivity contribution in [1.82, 2.24) is 4.90 Å². The highest BCUT2D eigenvalue weighted by Gasteiger charge is 2.31. The highest BCUT2D eigenvalue weighted by atomic mass is 35.5. The first-order valence-electron chi connectivity index (χ1n) is 6.80. The number of carbonyl (C=O) groups excluding carboxylic acids is 1. The van der Waals surface area contributed by atoms with Crippen LogP contribution in [0, 0.1) is 11.6 Å². The van der Waals surface area contributed by atoms with Gasteiger partial charge in [0, 0.05) is 30.7 Å². The molecule has 114 valence electrons. The summed E-state index contributed by atoms with van der Waals surface area (Å²) in [6.45, 7) is 1.24. The summed E-state index contributed by atoms with van der Waals surface area (Å²) in [5.41, 5.74) is 1.00. The van der Waals surface area contributed by atoms with E-state index in [0.717, 1.165) is 17.7 Å². The van der Waals surface area contributed by atoms with E-state index in [-0.39, 0.29) is 11.7 Å². The molecular formula is C16H13ClF2N2O. The molecule has 0 bridgehead atoms. The van der Waals surface area contributed by atoms with E-state index in [4.69, 9.17) is 11.6 Å². The first-order chi connectivity index (χ1) is 10.5. The molecule has 1 heterocycles. The molecule has 0 aromatic heterocycles. The molecule has 0 radical (unpaired) electrons. The van der Waals surface area contributed by atoms with E-state index >= 15 is 0 Å². The van der Waals surface area contributed by atoms with Crippen LogP contribution >= 0.6 is 11.6 Å². The van der Waals surface area contributed by atoms with Gasteiger partial charge in [-0.15, -0.1) is 0 Å². The van der Waals surface area contributed by atoms with Gasteiger partial charge in [-0.3, -0.25) is 4.90 Å². The Labute approximate surface area is 131 Å². The summed E-state index contributed by atoms with van der Waals surface area (Å²) < 4.78 is 26.8. The van der Waals surface area contributed by atoms with E-state index in [1.807, 2.05) is 12.1 Å². The molecule has 0 atom stereocenters. The van der Waals surface area contributed by atoms with Crippen LogP contribution in [0.25, 0.3) is 0 Å². The van der Waals surface area contributed by atoms with Crippen LogP contribution in [0.2, 0.25) is 5.02 Å². The standard InChI is InChI=1S/C16H13ClF2N2O/c17-12-3-1-2-11(8-12)10-20-6-7-21(16(20)22)15-5-4-13(18)9-14(15)19/h1-5,8-9H,6-7,10H2. The van der Waals surface area contributed by atoms with Crippen molar-refractivity contribution in [2.75, 3.05) is 18.0 Å². The van der Waals surface area contributed by atoms with E-state index in [1.54, 1.807) is 17.0 Å². The van der Waals surface area contributed by atoms with Gasteiger partial charge in [-0.05, 0) is 29.8 Å². The summed E-state index contributed by atoms with van der Waals surface area (Å²) in [4.78, 5) is 15.3. The van der Waals surface area contributed by atoms with Crippen LogP contribution in [0.5, 0.6) is 0 Å². The summed E-state index contributed by atoms with van der Waals surface area (Å²) in [7, 11) is 0. The van der Waals surface area contributed by atoms with Gasteiger partial charge < -0.3 is 4.90 Å². The first-order valence-corrected chi connectivity index (χ1v) is 7.18. The number of anilines is 1. The third-order valence-corrected chi connectivity index (χ3v) is 3.79. The predicted molar refractivity (Wildman–Crippen MR) is 81.0 cm³/mol. The second kappa shape index (κ2) is 5.93. The number of benzene rings is 2. The normalized spacial score (nSPS) is 14.8. The van der Waals surface area contributed by atoms with Crippen molar-refractivity contribution in [3.63, 3.8) is 0 Å². The van der Waals surface area contributed by atoms with Crippen molar-refractivity contribution in [2.45, 2.75) is 6.54 Å². The SMILES string of the molecule is O=C1N(Cc2cccc(Cl)c2)CCN1c1ccc(F)cc1F. The van der Waals surface area contributed by atoms with Crippen molar-refractivity contribution in [3.8, 4) is 0 Å². The Balaban J connectivity index is 1.77. The number of amides is 2. The lowest BCUT2D eigenvalue weighted by molar-refractivity contribution is 0.218. The number of urea groups is 1. The molecule has 22 heavy (non-hydrogen) atoms. The van der Waals surface area contributed by atoms with E-state index in [2.05, 4.69) is 0 Å². The van der Waals surface area contributed by atoms with Crippen LogP contribution in [0.3, 0.4) is 0 Å². The Morgan fingerprint density at radius 3 is 2.64 bits per heavy atom. The lowest BCUT2D eigenvalue weighted by Crippen LogP contribution is -2.32. The fourth-order valence-corrected chi connectivity index (χ4v) is 2.72. The summed E-state index contributed by atoms with van der Waals surface area (Å²) in [5.74, 6) is -1.40. The van der Waals surface area contributed by atoms with Crippen molar-refractivity contribution in [2.24, 2.45) is 0 Å². The second-order valence-electron chi connectivity index (χ2n) is 5.08. The molecule has 2 amide bonds. The molecule has 0 unspecified atom stereocenters. The van der Waals surface area contributed by atoms with Crippen molar-refractivity contribution < 1.29 is 13.6 Å². The highest BCUT2D eigenvalue weighted by molar-refractivity contribution is 6.30. The number of hydrogen-bond acceptors (Lipinski definition) is 1. The molecular weight excluding hydrogens is 310 g/mol.